The highest BCUT2D eigenvalue weighted by atomic mass is 16.5. The zero-order valence-electron chi connectivity index (χ0n) is 23.0. The molecule has 2 aromatic carbocycles. The second kappa shape index (κ2) is 12.2. The van der Waals surface area contributed by atoms with Gasteiger partial charge in [0.2, 0.25) is 0 Å². The molecule has 0 saturated heterocycles. The third-order valence-electron chi connectivity index (χ3n) is 5.31. The SMILES string of the molecule is [2H]C([2H])(C(=O)O)C([2H])([2H])C(=O)OCc1ccc(O)c([C@H](CCN(C(C)C)C(C)C)c2ccccc2)c1. The van der Waals surface area contributed by atoms with E-state index < -0.39 is 31.3 Å². The van der Waals surface area contributed by atoms with Crippen molar-refractivity contribution in [1.82, 2.24) is 4.90 Å². The van der Waals surface area contributed by atoms with Crippen LogP contribution in [0, 0.1) is 0 Å². The number of carbonyl (C=O) groups is 2. The highest BCUT2D eigenvalue weighted by molar-refractivity contribution is 5.76. The predicted molar refractivity (Wildman–Crippen MR) is 125 cm³/mol. The molecule has 0 aliphatic carbocycles. The minimum Gasteiger partial charge on any atom is -0.508 e. The molecule has 0 radical (unpaired) electrons. The molecule has 32 heavy (non-hydrogen) atoms. The molecule has 0 fully saturated rings. The van der Waals surface area contributed by atoms with E-state index in [1.54, 1.807) is 6.07 Å². The van der Waals surface area contributed by atoms with Crippen LogP contribution in [0.5, 0.6) is 5.75 Å². The summed E-state index contributed by atoms with van der Waals surface area (Å²) in [5.74, 6) is -3.82. The Kier molecular flexibility index (Phi) is 7.58. The monoisotopic (exact) mass is 445 g/mol. The summed E-state index contributed by atoms with van der Waals surface area (Å²) in [5.41, 5.74) is 2.07. The van der Waals surface area contributed by atoms with Crippen LogP contribution in [0.2, 0.25) is 0 Å². The van der Waals surface area contributed by atoms with Crippen LogP contribution in [0.1, 0.15) is 75.0 Å². The second-order valence-corrected chi connectivity index (χ2v) is 8.20. The van der Waals surface area contributed by atoms with Crippen molar-refractivity contribution in [2.45, 2.75) is 71.5 Å². The maximum absolute atomic E-state index is 12.2. The summed E-state index contributed by atoms with van der Waals surface area (Å²) < 4.78 is 35.1. The molecule has 2 aromatic rings. The summed E-state index contributed by atoms with van der Waals surface area (Å²) in [6.07, 6.45) is -6.14. The van der Waals surface area contributed by atoms with Crippen LogP contribution in [0.15, 0.2) is 48.5 Å². The molecule has 0 spiro atoms. The van der Waals surface area contributed by atoms with Gasteiger partial charge in [0.25, 0.3) is 0 Å². The number of carboxylic acids is 1. The number of carbonyl (C=O) groups excluding carboxylic acids is 1. The number of hydrogen-bond acceptors (Lipinski definition) is 5. The number of carboxylic acid groups (broad SMARTS) is 1. The lowest BCUT2D eigenvalue weighted by atomic mass is 9.86. The van der Waals surface area contributed by atoms with Crippen LogP contribution >= 0.6 is 0 Å². The Morgan fingerprint density at radius 3 is 2.28 bits per heavy atom. The van der Waals surface area contributed by atoms with Gasteiger partial charge in [0.15, 0.2) is 0 Å². The van der Waals surface area contributed by atoms with Gasteiger partial charge in [-0.05, 0) is 63.9 Å². The molecule has 0 heterocycles. The summed E-state index contributed by atoms with van der Waals surface area (Å²) in [5, 5.41) is 19.7. The molecule has 0 amide bonds. The first-order chi connectivity index (χ1) is 16.7. The molecule has 0 saturated carbocycles. The normalized spacial score (nSPS) is 15.1. The molecular formula is C26H35NO5. The van der Waals surface area contributed by atoms with Crippen LogP contribution in [0.25, 0.3) is 0 Å². The van der Waals surface area contributed by atoms with E-state index in [-0.39, 0.29) is 11.7 Å². The topological polar surface area (TPSA) is 87.1 Å². The van der Waals surface area contributed by atoms with Crippen molar-refractivity contribution >= 4 is 11.9 Å². The van der Waals surface area contributed by atoms with E-state index in [2.05, 4.69) is 32.6 Å². The largest absolute Gasteiger partial charge is 0.508 e. The van der Waals surface area contributed by atoms with Gasteiger partial charge in [-0.25, -0.2) is 0 Å². The summed E-state index contributed by atoms with van der Waals surface area (Å²) >= 11 is 0. The molecule has 6 nitrogen and oxygen atoms in total. The number of aromatic hydroxyl groups is 1. The van der Waals surface area contributed by atoms with Gasteiger partial charge in [-0.2, -0.15) is 0 Å². The summed E-state index contributed by atoms with van der Waals surface area (Å²) in [4.78, 5) is 25.7. The fourth-order valence-corrected chi connectivity index (χ4v) is 3.84. The Labute approximate surface area is 196 Å². The minimum atomic E-state index is -3.46. The zero-order valence-corrected chi connectivity index (χ0v) is 19.0. The molecule has 2 rings (SSSR count). The van der Waals surface area contributed by atoms with Gasteiger partial charge in [0, 0.05) is 29.0 Å². The van der Waals surface area contributed by atoms with Gasteiger partial charge >= 0.3 is 11.9 Å². The number of hydrogen-bond donors (Lipinski definition) is 2. The molecule has 1 atom stereocenters. The fourth-order valence-electron chi connectivity index (χ4n) is 3.84. The van der Waals surface area contributed by atoms with Crippen molar-refractivity contribution in [3.8, 4) is 5.75 Å². The Morgan fingerprint density at radius 1 is 1.03 bits per heavy atom. The van der Waals surface area contributed by atoms with Crippen molar-refractivity contribution in [2.75, 3.05) is 6.54 Å². The molecule has 174 valence electrons. The van der Waals surface area contributed by atoms with Crippen LogP contribution < -0.4 is 0 Å². The Balaban J connectivity index is 2.32. The number of ether oxygens (including phenoxy) is 1. The number of aliphatic carboxylic acids is 1. The molecule has 0 aromatic heterocycles. The van der Waals surface area contributed by atoms with Crippen molar-refractivity contribution in [3.05, 3.63) is 65.2 Å². The number of phenolic OH excluding ortho intramolecular Hbond substituents is 1. The molecule has 0 bridgehead atoms. The smallest absolute Gasteiger partial charge is 0.306 e. The first-order valence-electron chi connectivity index (χ1n) is 12.7. The van der Waals surface area contributed by atoms with Crippen LogP contribution in [-0.2, 0) is 20.9 Å². The average Bonchev–Trinajstić information content (AvgIpc) is 2.81. The van der Waals surface area contributed by atoms with Gasteiger partial charge in [0.1, 0.15) is 12.4 Å². The lowest BCUT2D eigenvalue weighted by Gasteiger charge is -2.32. The van der Waals surface area contributed by atoms with Crippen molar-refractivity contribution in [3.63, 3.8) is 0 Å². The van der Waals surface area contributed by atoms with E-state index in [0.717, 1.165) is 12.1 Å². The van der Waals surface area contributed by atoms with E-state index in [9.17, 15) is 14.7 Å². The number of rotatable bonds is 12. The molecule has 0 aliphatic rings. The molecule has 6 heteroatoms. The standard InChI is InChI=1S/C26H35NO5/c1-18(2)27(19(3)4)15-14-22(21-8-6-5-7-9-21)23-16-20(10-11-24(23)28)17-32-26(31)13-12-25(29)30/h5-11,16,18-19,22,28H,12-15,17H2,1-4H3,(H,29,30)/t22-/m1/s1/i12D2,13D2. The van der Waals surface area contributed by atoms with Crippen molar-refractivity contribution in [1.29, 1.82) is 0 Å². The fraction of sp³-hybridized carbons (Fsp3) is 0.462. The van der Waals surface area contributed by atoms with Gasteiger partial charge in [-0.1, -0.05) is 36.4 Å². The van der Waals surface area contributed by atoms with Gasteiger partial charge in [-0.15, -0.1) is 0 Å². The average molecular weight is 446 g/mol. The quantitative estimate of drug-likeness (QED) is 0.450. The third kappa shape index (κ3) is 7.68. The van der Waals surface area contributed by atoms with E-state index in [1.807, 2.05) is 30.3 Å². The Bertz CT molecular complexity index is 1040. The molecule has 2 N–H and O–H groups in total. The molecule has 0 unspecified atom stereocenters. The number of esters is 1. The van der Waals surface area contributed by atoms with Gasteiger partial charge < -0.3 is 14.9 Å². The Morgan fingerprint density at radius 2 is 1.69 bits per heavy atom. The van der Waals surface area contributed by atoms with E-state index >= 15 is 0 Å². The third-order valence-corrected chi connectivity index (χ3v) is 5.31. The maximum atomic E-state index is 12.2. The molecular weight excluding hydrogens is 406 g/mol. The second-order valence-electron chi connectivity index (χ2n) is 8.20. The maximum Gasteiger partial charge on any atom is 0.306 e. The lowest BCUT2D eigenvalue weighted by Crippen LogP contribution is -2.38. The van der Waals surface area contributed by atoms with E-state index in [1.165, 1.54) is 12.1 Å². The van der Waals surface area contributed by atoms with E-state index in [0.29, 0.717) is 29.6 Å². The number of nitrogens with zero attached hydrogens (tertiary/aromatic N) is 1. The first-order valence-corrected chi connectivity index (χ1v) is 10.7. The first kappa shape index (κ1) is 19.8. The van der Waals surface area contributed by atoms with Gasteiger partial charge in [0.05, 0.1) is 12.7 Å². The molecule has 0 aliphatic heterocycles. The van der Waals surface area contributed by atoms with Gasteiger partial charge in [-0.3, -0.25) is 14.5 Å². The van der Waals surface area contributed by atoms with Crippen molar-refractivity contribution < 1.29 is 30.0 Å². The zero-order chi connectivity index (χ0) is 27.3. The van der Waals surface area contributed by atoms with Crippen LogP contribution in [0.3, 0.4) is 0 Å². The van der Waals surface area contributed by atoms with Crippen LogP contribution in [0.4, 0.5) is 0 Å². The highest BCUT2D eigenvalue weighted by Gasteiger charge is 2.22. The Hall–Kier alpha value is -2.86. The predicted octanol–water partition coefficient (Wildman–Crippen LogP) is 4.94. The summed E-state index contributed by atoms with van der Waals surface area (Å²) in [7, 11) is 0. The highest BCUT2D eigenvalue weighted by Crippen LogP contribution is 2.35. The summed E-state index contributed by atoms with van der Waals surface area (Å²) in [6.45, 7) is 8.90. The summed E-state index contributed by atoms with van der Waals surface area (Å²) in [6, 6.07) is 15.1. The van der Waals surface area contributed by atoms with Crippen LogP contribution in [-0.4, -0.2) is 45.7 Å². The minimum absolute atomic E-state index is 0.0668. The number of benzene rings is 2. The number of phenols is 1. The van der Waals surface area contributed by atoms with E-state index in [4.69, 9.17) is 15.3 Å². The lowest BCUT2D eigenvalue weighted by molar-refractivity contribution is -0.148. The van der Waals surface area contributed by atoms with Crippen molar-refractivity contribution in [2.24, 2.45) is 0 Å².